The number of carbonyl (C=O) groups excluding carboxylic acids is 2. The van der Waals surface area contributed by atoms with Crippen LogP contribution in [0, 0.1) is 0 Å². The zero-order valence-electron chi connectivity index (χ0n) is 17.0. The first-order valence-electron chi connectivity index (χ1n) is 9.08. The van der Waals surface area contributed by atoms with Crippen molar-refractivity contribution in [3.8, 4) is 5.75 Å². The molecule has 1 N–H and O–H groups in total. The zero-order chi connectivity index (χ0) is 20.9. The number of hydrogen-bond acceptors (Lipinski definition) is 3. The first-order valence-corrected chi connectivity index (χ1v) is 9.87. The van der Waals surface area contributed by atoms with E-state index in [-0.39, 0.29) is 23.8 Å². The van der Waals surface area contributed by atoms with Crippen molar-refractivity contribution in [1.29, 1.82) is 0 Å². The van der Waals surface area contributed by atoms with Gasteiger partial charge < -0.3 is 15.0 Å². The minimum absolute atomic E-state index is 0.0364. The van der Waals surface area contributed by atoms with Gasteiger partial charge in [0.15, 0.2) is 6.61 Å². The molecule has 0 spiro atoms. The van der Waals surface area contributed by atoms with Crippen LogP contribution >= 0.6 is 15.9 Å². The lowest BCUT2D eigenvalue weighted by atomic mass is 9.86. The van der Waals surface area contributed by atoms with E-state index in [4.69, 9.17) is 4.74 Å². The third kappa shape index (κ3) is 6.37. The quantitative estimate of drug-likeness (QED) is 0.715. The molecule has 0 bridgehead atoms. The number of ether oxygens (including phenoxy) is 1. The lowest BCUT2D eigenvalue weighted by Crippen LogP contribution is -2.23. The lowest BCUT2D eigenvalue weighted by Gasteiger charge is -2.23. The minimum atomic E-state index is -0.236. The molecule has 2 aromatic rings. The second-order valence-electron chi connectivity index (χ2n) is 7.89. The molecular formula is C22H27BrN2O3. The molecular weight excluding hydrogens is 420 g/mol. The molecule has 0 atom stereocenters. The maximum absolute atomic E-state index is 12.3. The van der Waals surface area contributed by atoms with Crippen molar-refractivity contribution in [2.75, 3.05) is 26.0 Å². The van der Waals surface area contributed by atoms with Crippen LogP contribution in [0.2, 0.25) is 0 Å². The summed E-state index contributed by atoms with van der Waals surface area (Å²) in [6, 6.07) is 13.0. The molecule has 28 heavy (non-hydrogen) atoms. The Morgan fingerprint density at radius 1 is 1.07 bits per heavy atom. The Labute approximate surface area is 175 Å². The van der Waals surface area contributed by atoms with Crippen molar-refractivity contribution < 1.29 is 14.3 Å². The van der Waals surface area contributed by atoms with Crippen LogP contribution in [0.3, 0.4) is 0 Å². The van der Waals surface area contributed by atoms with Gasteiger partial charge in [0.2, 0.25) is 5.91 Å². The molecule has 0 unspecified atom stereocenters. The average Bonchev–Trinajstić information content (AvgIpc) is 2.61. The molecule has 0 aliphatic carbocycles. The topological polar surface area (TPSA) is 58.6 Å². The highest BCUT2D eigenvalue weighted by Gasteiger charge is 2.20. The van der Waals surface area contributed by atoms with Crippen LogP contribution in [-0.2, 0) is 21.4 Å². The number of halogens is 1. The van der Waals surface area contributed by atoms with E-state index < -0.39 is 0 Å². The maximum atomic E-state index is 12.3. The molecule has 0 aromatic heterocycles. The summed E-state index contributed by atoms with van der Waals surface area (Å²) < 4.78 is 6.75. The highest BCUT2D eigenvalue weighted by atomic mass is 79.9. The van der Waals surface area contributed by atoms with Gasteiger partial charge in [-0.15, -0.1) is 0 Å². The molecule has 0 saturated carbocycles. The SMILES string of the molecule is CN(C)C(=O)Cc1ccc(NC(=O)COc2ccc(Br)cc2C(C)(C)C)cc1. The van der Waals surface area contributed by atoms with E-state index in [1.165, 1.54) is 0 Å². The highest BCUT2D eigenvalue weighted by Crippen LogP contribution is 2.33. The Morgan fingerprint density at radius 2 is 1.71 bits per heavy atom. The number of rotatable bonds is 6. The second kappa shape index (κ2) is 9.24. The first kappa shape index (κ1) is 22.0. The Morgan fingerprint density at radius 3 is 2.29 bits per heavy atom. The van der Waals surface area contributed by atoms with Gasteiger partial charge in [-0.3, -0.25) is 9.59 Å². The van der Waals surface area contributed by atoms with Gasteiger partial charge in [0.1, 0.15) is 5.75 Å². The van der Waals surface area contributed by atoms with Crippen LogP contribution in [0.25, 0.3) is 0 Å². The van der Waals surface area contributed by atoms with Crippen LogP contribution in [0.1, 0.15) is 31.9 Å². The van der Waals surface area contributed by atoms with Crippen LogP contribution in [0.4, 0.5) is 5.69 Å². The van der Waals surface area contributed by atoms with E-state index in [1.807, 2.05) is 30.3 Å². The summed E-state index contributed by atoms with van der Waals surface area (Å²) in [7, 11) is 3.46. The van der Waals surface area contributed by atoms with Gasteiger partial charge in [0.25, 0.3) is 5.91 Å². The second-order valence-corrected chi connectivity index (χ2v) is 8.80. The zero-order valence-corrected chi connectivity index (χ0v) is 18.6. The molecule has 0 fully saturated rings. The lowest BCUT2D eigenvalue weighted by molar-refractivity contribution is -0.128. The Kier molecular flexibility index (Phi) is 7.24. The van der Waals surface area contributed by atoms with Gasteiger partial charge in [0, 0.05) is 29.8 Å². The number of benzene rings is 2. The third-order valence-electron chi connectivity index (χ3n) is 4.20. The fourth-order valence-corrected chi connectivity index (χ4v) is 2.95. The van der Waals surface area contributed by atoms with Gasteiger partial charge in [-0.2, -0.15) is 0 Å². The van der Waals surface area contributed by atoms with E-state index in [0.717, 1.165) is 15.6 Å². The molecule has 2 rings (SSSR count). The van der Waals surface area contributed by atoms with E-state index in [0.29, 0.717) is 17.9 Å². The van der Waals surface area contributed by atoms with Crippen molar-refractivity contribution >= 4 is 33.4 Å². The van der Waals surface area contributed by atoms with Crippen LogP contribution < -0.4 is 10.1 Å². The van der Waals surface area contributed by atoms with Gasteiger partial charge in [-0.05, 0) is 41.3 Å². The van der Waals surface area contributed by atoms with Crippen molar-refractivity contribution in [1.82, 2.24) is 4.90 Å². The molecule has 5 nitrogen and oxygen atoms in total. The van der Waals surface area contributed by atoms with Crippen LogP contribution in [0.5, 0.6) is 5.75 Å². The molecule has 0 radical (unpaired) electrons. The summed E-state index contributed by atoms with van der Waals surface area (Å²) in [5.74, 6) is 0.498. The number of anilines is 1. The van der Waals surface area contributed by atoms with E-state index in [9.17, 15) is 9.59 Å². The smallest absolute Gasteiger partial charge is 0.262 e. The molecule has 0 saturated heterocycles. The third-order valence-corrected chi connectivity index (χ3v) is 4.69. The number of nitrogens with one attached hydrogen (secondary N) is 1. The molecule has 2 amide bonds. The number of nitrogens with zero attached hydrogens (tertiary/aromatic N) is 1. The van der Waals surface area contributed by atoms with Crippen molar-refractivity contribution in [3.05, 3.63) is 58.1 Å². The predicted octanol–water partition coefficient (Wildman–Crippen LogP) is 4.39. The van der Waals surface area contributed by atoms with E-state index >= 15 is 0 Å². The fourth-order valence-electron chi connectivity index (χ4n) is 2.59. The summed E-state index contributed by atoms with van der Waals surface area (Å²) in [5, 5.41) is 2.82. The Hall–Kier alpha value is -2.34. The Bertz CT molecular complexity index is 840. The van der Waals surface area contributed by atoms with Gasteiger partial charge in [0.05, 0.1) is 6.42 Å². The average molecular weight is 447 g/mol. The first-order chi connectivity index (χ1) is 13.1. The maximum Gasteiger partial charge on any atom is 0.262 e. The van der Waals surface area contributed by atoms with Crippen LogP contribution in [0.15, 0.2) is 46.9 Å². The van der Waals surface area contributed by atoms with Crippen LogP contribution in [-0.4, -0.2) is 37.4 Å². The summed E-state index contributed by atoms with van der Waals surface area (Å²) in [6.07, 6.45) is 0.337. The summed E-state index contributed by atoms with van der Waals surface area (Å²) in [5.41, 5.74) is 2.50. The number of amides is 2. The van der Waals surface area contributed by atoms with E-state index in [1.54, 1.807) is 31.1 Å². The number of likely N-dealkylation sites (N-methyl/N-ethyl adjacent to an activating group) is 1. The molecule has 0 heterocycles. The molecule has 150 valence electrons. The van der Waals surface area contributed by atoms with Gasteiger partial charge in [-0.25, -0.2) is 0 Å². The summed E-state index contributed by atoms with van der Waals surface area (Å²) in [6.45, 7) is 6.23. The van der Waals surface area contributed by atoms with Crippen molar-refractivity contribution in [2.45, 2.75) is 32.6 Å². The Balaban J connectivity index is 1.96. The monoisotopic (exact) mass is 446 g/mol. The largest absolute Gasteiger partial charge is 0.483 e. The standard InChI is InChI=1S/C22H27BrN2O3/c1-22(2,3)18-13-16(23)8-11-19(18)28-14-20(26)24-17-9-6-15(7-10-17)12-21(27)25(4)5/h6-11,13H,12,14H2,1-5H3,(H,24,26). The van der Waals surface area contributed by atoms with Gasteiger partial charge >= 0.3 is 0 Å². The highest BCUT2D eigenvalue weighted by molar-refractivity contribution is 9.10. The van der Waals surface area contributed by atoms with Crippen molar-refractivity contribution in [2.24, 2.45) is 0 Å². The van der Waals surface area contributed by atoms with Gasteiger partial charge in [-0.1, -0.05) is 48.8 Å². The molecule has 0 aliphatic rings. The normalized spacial score (nSPS) is 11.1. The molecule has 2 aromatic carbocycles. The van der Waals surface area contributed by atoms with Crippen molar-refractivity contribution in [3.63, 3.8) is 0 Å². The molecule has 6 heteroatoms. The minimum Gasteiger partial charge on any atom is -0.483 e. The fraction of sp³-hybridized carbons (Fsp3) is 0.364. The molecule has 0 aliphatic heterocycles. The number of hydrogen-bond donors (Lipinski definition) is 1. The van der Waals surface area contributed by atoms with E-state index in [2.05, 4.69) is 42.0 Å². The predicted molar refractivity (Wildman–Crippen MR) is 116 cm³/mol. The summed E-state index contributed by atoms with van der Waals surface area (Å²) in [4.78, 5) is 25.6. The number of carbonyl (C=O) groups is 2. The summed E-state index contributed by atoms with van der Waals surface area (Å²) >= 11 is 3.48.